The summed E-state index contributed by atoms with van der Waals surface area (Å²) in [6.45, 7) is 5.73. The fourth-order valence-electron chi connectivity index (χ4n) is 2.81. The van der Waals surface area contributed by atoms with Gasteiger partial charge in [-0.15, -0.1) is 0 Å². The molecule has 0 bridgehead atoms. The number of ether oxygens (including phenoxy) is 2. The molecule has 1 aromatic carbocycles. The minimum absolute atomic E-state index is 0.469. The Bertz CT molecular complexity index is 460. The Kier molecular flexibility index (Phi) is 6.00. The van der Waals surface area contributed by atoms with Crippen molar-refractivity contribution in [3.8, 4) is 11.5 Å². The van der Waals surface area contributed by atoms with Crippen molar-refractivity contribution in [2.75, 3.05) is 39.2 Å². The molecule has 1 N–H and O–H groups in total. The fourth-order valence-corrected chi connectivity index (χ4v) is 3.05. The van der Waals surface area contributed by atoms with Crippen LogP contribution in [-0.4, -0.2) is 44.8 Å². The lowest BCUT2D eigenvalue weighted by Crippen LogP contribution is -2.39. The molecule has 1 saturated heterocycles. The summed E-state index contributed by atoms with van der Waals surface area (Å²) in [6, 6.07) is 4.19. The first-order valence-electron chi connectivity index (χ1n) is 7.58. The Balaban J connectivity index is 2.01. The van der Waals surface area contributed by atoms with Crippen molar-refractivity contribution in [3.05, 3.63) is 17.2 Å². The molecule has 0 radical (unpaired) electrons. The van der Waals surface area contributed by atoms with Crippen LogP contribution in [0.2, 0.25) is 5.02 Å². The van der Waals surface area contributed by atoms with Gasteiger partial charge in [-0.3, -0.25) is 0 Å². The number of methoxy groups -OCH3 is 2. The van der Waals surface area contributed by atoms with E-state index in [2.05, 4.69) is 17.1 Å². The first kappa shape index (κ1) is 16.2. The summed E-state index contributed by atoms with van der Waals surface area (Å²) in [5.41, 5.74) is 0.942. The quantitative estimate of drug-likeness (QED) is 0.869. The van der Waals surface area contributed by atoms with Gasteiger partial charge in [-0.05, 0) is 31.9 Å². The number of hydrogen-bond donors (Lipinski definition) is 1. The standard InChI is InChI=1S/C16H25ClN2O2/c1-4-7-19-8-5-12(6-9-19)18-14-10-13(17)15(20-2)11-16(14)21-3/h10-12,18H,4-9H2,1-3H3. The average molecular weight is 313 g/mol. The molecule has 0 aromatic heterocycles. The molecule has 1 aliphatic rings. The van der Waals surface area contributed by atoms with Crippen molar-refractivity contribution in [3.63, 3.8) is 0 Å². The van der Waals surface area contributed by atoms with Crippen molar-refractivity contribution in [2.45, 2.75) is 32.2 Å². The molecule has 1 aromatic rings. The molecule has 0 saturated carbocycles. The lowest BCUT2D eigenvalue weighted by Gasteiger charge is -2.33. The molecule has 0 spiro atoms. The maximum Gasteiger partial charge on any atom is 0.145 e. The number of likely N-dealkylation sites (tertiary alicyclic amines) is 1. The van der Waals surface area contributed by atoms with Crippen LogP contribution in [0.25, 0.3) is 0 Å². The van der Waals surface area contributed by atoms with Gasteiger partial charge in [-0.2, -0.15) is 0 Å². The number of benzene rings is 1. The van der Waals surface area contributed by atoms with Crippen LogP contribution in [0.3, 0.4) is 0 Å². The zero-order valence-corrected chi connectivity index (χ0v) is 13.9. The van der Waals surface area contributed by atoms with Gasteiger partial charge in [0, 0.05) is 25.2 Å². The minimum atomic E-state index is 0.469. The number of halogens is 1. The second-order valence-electron chi connectivity index (χ2n) is 5.45. The average Bonchev–Trinajstić information content (AvgIpc) is 2.50. The van der Waals surface area contributed by atoms with E-state index in [1.54, 1.807) is 14.2 Å². The van der Waals surface area contributed by atoms with E-state index in [9.17, 15) is 0 Å². The van der Waals surface area contributed by atoms with Gasteiger partial charge in [0.2, 0.25) is 0 Å². The van der Waals surface area contributed by atoms with Crippen LogP contribution >= 0.6 is 11.6 Å². The normalized spacial score (nSPS) is 16.8. The zero-order chi connectivity index (χ0) is 15.2. The molecule has 4 nitrogen and oxygen atoms in total. The molecule has 1 fully saturated rings. The van der Waals surface area contributed by atoms with Gasteiger partial charge in [0.25, 0.3) is 0 Å². The van der Waals surface area contributed by atoms with Crippen LogP contribution in [-0.2, 0) is 0 Å². The second kappa shape index (κ2) is 7.76. The molecule has 0 atom stereocenters. The van der Waals surface area contributed by atoms with E-state index < -0.39 is 0 Å². The Morgan fingerprint density at radius 1 is 1.19 bits per heavy atom. The monoisotopic (exact) mass is 312 g/mol. The number of piperidine rings is 1. The highest BCUT2D eigenvalue weighted by molar-refractivity contribution is 6.32. The maximum atomic E-state index is 6.21. The first-order valence-corrected chi connectivity index (χ1v) is 7.96. The van der Waals surface area contributed by atoms with Gasteiger partial charge in [-0.1, -0.05) is 18.5 Å². The van der Waals surface area contributed by atoms with Crippen LogP contribution < -0.4 is 14.8 Å². The van der Waals surface area contributed by atoms with E-state index >= 15 is 0 Å². The van der Waals surface area contributed by atoms with E-state index in [0.29, 0.717) is 16.8 Å². The van der Waals surface area contributed by atoms with Crippen LogP contribution in [0.1, 0.15) is 26.2 Å². The van der Waals surface area contributed by atoms with Crippen molar-refractivity contribution in [1.82, 2.24) is 4.90 Å². The summed E-state index contributed by atoms with van der Waals surface area (Å²) in [4.78, 5) is 2.52. The Morgan fingerprint density at radius 2 is 1.86 bits per heavy atom. The molecule has 1 aliphatic heterocycles. The molecule has 118 valence electrons. The fraction of sp³-hybridized carbons (Fsp3) is 0.625. The van der Waals surface area contributed by atoms with Crippen molar-refractivity contribution in [2.24, 2.45) is 0 Å². The largest absolute Gasteiger partial charge is 0.495 e. The molecular weight excluding hydrogens is 288 g/mol. The van der Waals surface area contributed by atoms with E-state index in [4.69, 9.17) is 21.1 Å². The molecule has 0 aliphatic carbocycles. The van der Waals surface area contributed by atoms with Gasteiger partial charge in [0.1, 0.15) is 11.5 Å². The number of anilines is 1. The van der Waals surface area contributed by atoms with E-state index in [-0.39, 0.29) is 0 Å². The third-order valence-corrected chi connectivity index (χ3v) is 4.26. The third-order valence-electron chi connectivity index (χ3n) is 3.96. The van der Waals surface area contributed by atoms with E-state index in [0.717, 1.165) is 37.4 Å². The second-order valence-corrected chi connectivity index (χ2v) is 5.85. The van der Waals surface area contributed by atoms with E-state index in [1.807, 2.05) is 12.1 Å². The number of nitrogens with zero attached hydrogens (tertiary/aromatic N) is 1. The van der Waals surface area contributed by atoms with Gasteiger partial charge in [0.15, 0.2) is 0 Å². The van der Waals surface area contributed by atoms with Crippen LogP contribution in [0, 0.1) is 0 Å². The number of hydrogen-bond acceptors (Lipinski definition) is 4. The highest BCUT2D eigenvalue weighted by Crippen LogP contribution is 2.36. The molecule has 0 unspecified atom stereocenters. The lowest BCUT2D eigenvalue weighted by atomic mass is 10.0. The van der Waals surface area contributed by atoms with Crippen LogP contribution in [0.4, 0.5) is 5.69 Å². The smallest absolute Gasteiger partial charge is 0.145 e. The van der Waals surface area contributed by atoms with Crippen molar-refractivity contribution >= 4 is 17.3 Å². The SMILES string of the molecule is CCCN1CCC(Nc2cc(Cl)c(OC)cc2OC)CC1. The topological polar surface area (TPSA) is 33.7 Å². The van der Waals surface area contributed by atoms with Gasteiger partial charge >= 0.3 is 0 Å². The summed E-state index contributed by atoms with van der Waals surface area (Å²) >= 11 is 6.21. The summed E-state index contributed by atoms with van der Waals surface area (Å²) in [5, 5.41) is 4.16. The maximum absolute atomic E-state index is 6.21. The first-order chi connectivity index (χ1) is 10.2. The highest BCUT2D eigenvalue weighted by Gasteiger charge is 2.20. The number of nitrogens with one attached hydrogen (secondary N) is 1. The number of rotatable bonds is 6. The summed E-state index contributed by atoms with van der Waals surface area (Å²) in [5.74, 6) is 1.41. The Labute approximate surface area is 132 Å². The molecule has 0 amide bonds. The van der Waals surface area contributed by atoms with Crippen LogP contribution in [0.5, 0.6) is 11.5 Å². The predicted octanol–water partition coefficient (Wildman–Crippen LogP) is 3.64. The lowest BCUT2D eigenvalue weighted by molar-refractivity contribution is 0.219. The molecule has 21 heavy (non-hydrogen) atoms. The summed E-state index contributed by atoms with van der Waals surface area (Å²) in [7, 11) is 3.27. The van der Waals surface area contributed by atoms with Crippen LogP contribution in [0.15, 0.2) is 12.1 Å². The zero-order valence-electron chi connectivity index (χ0n) is 13.1. The van der Waals surface area contributed by atoms with Crippen molar-refractivity contribution < 1.29 is 9.47 Å². The van der Waals surface area contributed by atoms with Gasteiger partial charge in [-0.25, -0.2) is 0 Å². The Morgan fingerprint density at radius 3 is 2.43 bits per heavy atom. The molecular formula is C16H25ClN2O2. The third kappa shape index (κ3) is 4.17. The van der Waals surface area contributed by atoms with Gasteiger partial charge in [0.05, 0.1) is 24.9 Å². The molecule has 1 heterocycles. The Hall–Kier alpha value is -1.13. The van der Waals surface area contributed by atoms with Crippen molar-refractivity contribution in [1.29, 1.82) is 0 Å². The minimum Gasteiger partial charge on any atom is -0.495 e. The summed E-state index contributed by atoms with van der Waals surface area (Å²) in [6.07, 6.45) is 3.51. The molecule has 5 heteroatoms. The van der Waals surface area contributed by atoms with E-state index in [1.165, 1.54) is 13.0 Å². The molecule has 2 rings (SSSR count). The highest BCUT2D eigenvalue weighted by atomic mass is 35.5. The summed E-state index contributed by atoms with van der Waals surface area (Å²) < 4.78 is 10.7. The predicted molar refractivity (Wildman–Crippen MR) is 87.9 cm³/mol. The van der Waals surface area contributed by atoms with Gasteiger partial charge < -0.3 is 19.7 Å².